The average molecular weight is 317 g/mol. The van der Waals surface area contributed by atoms with Gasteiger partial charge in [-0.15, -0.1) is 0 Å². The third-order valence-electron chi connectivity index (χ3n) is 2.80. The maximum atomic E-state index is 13.9. The Balaban J connectivity index is 2.34. The third-order valence-corrected chi connectivity index (χ3v) is 2.80. The quantitative estimate of drug-likeness (QED) is 0.854. The topological polar surface area (TPSA) is 67.1 Å². The number of benzene rings is 1. The van der Waals surface area contributed by atoms with Crippen LogP contribution < -0.4 is 5.32 Å². The van der Waals surface area contributed by atoms with Gasteiger partial charge in [0.1, 0.15) is 18.0 Å². The fourth-order valence-corrected chi connectivity index (χ4v) is 1.80. The SMILES string of the molecule is Cc1cc(F)c(-n2cc(O)cn2)cc1C(=O)NCC(F)(F)F. The molecule has 1 amide bonds. The van der Waals surface area contributed by atoms with Crippen LogP contribution in [0.15, 0.2) is 24.5 Å². The van der Waals surface area contributed by atoms with Gasteiger partial charge in [-0.1, -0.05) is 0 Å². The van der Waals surface area contributed by atoms with E-state index in [2.05, 4.69) is 5.10 Å². The molecule has 2 rings (SSSR count). The highest BCUT2D eigenvalue weighted by Gasteiger charge is 2.28. The van der Waals surface area contributed by atoms with E-state index in [1.165, 1.54) is 6.92 Å². The monoisotopic (exact) mass is 317 g/mol. The number of aryl methyl sites for hydroxylation is 1. The molecule has 0 spiro atoms. The van der Waals surface area contributed by atoms with Crippen LogP contribution in [-0.4, -0.2) is 33.5 Å². The Kier molecular flexibility index (Phi) is 4.07. The third kappa shape index (κ3) is 3.54. The second kappa shape index (κ2) is 5.66. The van der Waals surface area contributed by atoms with E-state index in [1.54, 1.807) is 5.32 Å². The number of rotatable bonds is 3. The van der Waals surface area contributed by atoms with Gasteiger partial charge in [-0.3, -0.25) is 4.79 Å². The lowest BCUT2D eigenvalue weighted by Gasteiger charge is -2.12. The molecule has 5 nitrogen and oxygen atoms in total. The largest absolute Gasteiger partial charge is 0.505 e. The molecular weight excluding hydrogens is 306 g/mol. The van der Waals surface area contributed by atoms with Crippen LogP contribution in [0.5, 0.6) is 5.75 Å². The first kappa shape index (κ1) is 15.8. The van der Waals surface area contributed by atoms with Crippen LogP contribution in [0.3, 0.4) is 0 Å². The number of carbonyl (C=O) groups is 1. The van der Waals surface area contributed by atoms with Gasteiger partial charge < -0.3 is 10.4 Å². The first-order valence-corrected chi connectivity index (χ1v) is 6.06. The summed E-state index contributed by atoms with van der Waals surface area (Å²) >= 11 is 0. The number of nitrogens with zero attached hydrogens (tertiary/aromatic N) is 2. The minimum Gasteiger partial charge on any atom is -0.505 e. The molecule has 0 aliphatic rings. The normalized spacial score (nSPS) is 11.5. The van der Waals surface area contributed by atoms with Gasteiger partial charge in [-0.2, -0.15) is 18.3 Å². The Morgan fingerprint density at radius 2 is 2.09 bits per heavy atom. The van der Waals surface area contributed by atoms with Crippen LogP contribution in [0.25, 0.3) is 5.69 Å². The number of aromatic hydroxyl groups is 1. The fraction of sp³-hybridized carbons (Fsp3) is 0.231. The van der Waals surface area contributed by atoms with Gasteiger partial charge in [0.15, 0.2) is 5.75 Å². The summed E-state index contributed by atoms with van der Waals surface area (Å²) < 4.78 is 51.3. The fourth-order valence-electron chi connectivity index (χ4n) is 1.80. The first-order chi connectivity index (χ1) is 10.2. The van der Waals surface area contributed by atoms with Crippen molar-refractivity contribution in [2.24, 2.45) is 0 Å². The maximum absolute atomic E-state index is 13.9. The Morgan fingerprint density at radius 1 is 1.41 bits per heavy atom. The van der Waals surface area contributed by atoms with Crippen molar-refractivity contribution >= 4 is 5.91 Å². The average Bonchev–Trinajstić information content (AvgIpc) is 2.81. The van der Waals surface area contributed by atoms with Crippen molar-refractivity contribution in [3.63, 3.8) is 0 Å². The van der Waals surface area contributed by atoms with Gasteiger partial charge in [-0.05, 0) is 24.6 Å². The molecule has 0 aliphatic carbocycles. The maximum Gasteiger partial charge on any atom is 0.405 e. The second-order valence-corrected chi connectivity index (χ2v) is 4.56. The zero-order chi connectivity index (χ0) is 16.5. The summed E-state index contributed by atoms with van der Waals surface area (Å²) in [6.45, 7) is -0.0868. The molecule has 1 aromatic heterocycles. The molecule has 0 bridgehead atoms. The molecule has 0 saturated heterocycles. The van der Waals surface area contributed by atoms with E-state index in [-0.39, 0.29) is 22.6 Å². The number of aromatic nitrogens is 2. The Morgan fingerprint density at radius 3 is 2.64 bits per heavy atom. The molecule has 0 fully saturated rings. The molecule has 0 saturated carbocycles. The van der Waals surface area contributed by atoms with Crippen LogP contribution in [0.4, 0.5) is 17.6 Å². The molecule has 2 aromatic rings. The summed E-state index contributed by atoms with van der Waals surface area (Å²) in [7, 11) is 0. The van der Waals surface area contributed by atoms with Crippen molar-refractivity contribution in [2.45, 2.75) is 13.1 Å². The molecule has 0 radical (unpaired) electrons. The number of halogens is 4. The Hall–Kier alpha value is -2.58. The van der Waals surface area contributed by atoms with Crippen molar-refractivity contribution in [1.29, 1.82) is 0 Å². The van der Waals surface area contributed by atoms with E-state index in [1.807, 2.05) is 0 Å². The van der Waals surface area contributed by atoms with Gasteiger partial charge in [0, 0.05) is 5.56 Å². The first-order valence-electron chi connectivity index (χ1n) is 6.06. The number of alkyl halides is 3. The zero-order valence-corrected chi connectivity index (χ0v) is 11.3. The van der Waals surface area contributed by atoms with Crippen molar-refractivity contribution in [3.8, 4) is 11.4 Å². The van der Waals surface area contributed by atoms with Crippen LogP contribution in [-0.2, 0) is 0 Å². The number of hydrogen-bond donors (Lipinski definition) is 2. The highest BCUT2D eigenvalue weighted by atomic mass is 19.4. The van der Waals surface area contributed by atoms with Gasteiger partial charge in [0.2, 0.25) is 0 Å². The number of carbonyl (C=O) groups excluding carboxylic acids is 1. The molecule has 2 N–H and O–H groups in total. The van der Waals surface area contributed by atoms with Crippen molar-refractivity contribution in [1.82, 2.24) is 15.1 Å². The highest BCUT2D eigenvalue weighted by molar-refractivity contribution is 5.96. The summed E-state index contributed by atoms with van der Waals surface area (Å²) in [4.78, 5) is 11.8. The number of hydrogen-bond acceptors (Lipinski definition) is 3. The predicted molar refractivity (Wildman–Crippen MR) is 68.3 cm³/mol. The van der Waals surface area contributed by atoms with E-state index in [4.69, 9.17) is 0 Å². The number of amides is 1. The van der Waals surface area contributed by atoms with Crippen LogP contribution in [0.1, 0.15) is 15.9 Å². The van der Waals surface area contributed by atoms with Crippen molar-refractivity contribution in [3.05, 3.63) is 41.5 Å². The van der Waals surface area contributed by atoms with Crippen LogP contribution in [0, 0.1) is 12.7 Å². The van der Waals surface area contributed by atoms with Gasteiger partial charge >= 0.3 is 6.18 Å². The summed E-state index contributed by atoms with van der Waals surface area (Å²) in [6, 6.07) is 2.08. The standard InChI is InChI=1S/C13H11F4N3O2/c1-7-2-10(14)11(20-5-8(21)4-19-20)3-9(7)12(22)18-6-13(15,16)17/h2-5,21H,6H2,1H3,(H,18,22). The Bertz CT molecular complexity index is 710. The summed E-state index contributed by atoms with van der Waals surface area (Å²) in [5.74, 6) is -1.93. The van der Waals surface area contributed by atoms with Crippen molar-refractivity contribution in [2.75, 3.05) is 6.54 Å². The highest BCUT2D eigenvalue weighted by Crippen LogP contribution is 2.21. The Labute approximate surface area is 122 Å². The van der Waals surface area contributed by atoms with Crippen molar-refractivity contribution < 1.29 is 27.5 Å². The molecule has 1 heterocycles. The predicted octanol–water partition coefficient (Wildman–Crippen LogP) is 2.32. The molecule has 22 heavy (non-hydrogen) atoms. The molecule has 1 aromatic carbocycles. The molecule has 118 valence electrons. The number of nitrogens with one attached hydrogen (secondary N) is 1. The summed E-state index contributed by atoms with van der Waals surface area (Å²) in [5, 5.41) is 14.6. The molecule has 0 aliphatic heterocycles. The lowest BCUT2D eigenvalue weighted by atomic mass is 10.1. The molecule has 0 atom stereocenters. The lowest BCUT2D eigenvalue weighted by molar-refractivity contribution is -0.123. The van der Waals surface area contributed by atoms with Gasteiger partial charge in [-0.25, -0.2) is 9.07 Å². The molecular formula is C13H11F4N3O2. The van der Waals surface area contributed by atoms with E-state index >= 15 is 0 Å². The minimum absolute atomic E-state index is 0.115. The van der Waals surface area contributed by atoms with E-state index < -0.39 is 24.4 Å². The van der Waals surface area contributed by atoms with Crippen LogP contribution in [0.2, 0.25) is 0 Å². The molecule has 9 heteroatoms. The lowest BCUT2D eigenvalue weighted by Crippen LogP contribution is -2.34. The van der Waals surface area contributed by atoms with Crippen LogP contribution >= 0.6 is 0 Å². The van der Waals surface area contributed by atoms with E-state index in [0.717, 1.165) is 29.2 Å². The molecule has 0 unspecified atom stereocenters. The zero-order valence-electron chi connectivity index (χ0n) is 11.3. The van der Waals surface area contributed by atoms with Gasteiger partial charge in [0.25, 0.3) is 5.91 Å². The summed E-state index contributed by atoms with van der Waals surface area (Å²) in [5.41, 5.74) is -0.101. The van der Waals surface area contributed by atoms with Gasteiger partial charge in [0.05, 0.1) is 12.4 Å². The van der Waals surface area contributed by atoms with E-state index in [9.17, 15) is 27.5 Å². The van der Waals surface area contributed by atoms with E-state index in [0.29, 0.717) is 0 Å². The minimum atomic E-state index is -4.54. The summed E-state index contributed by atoms with van der Waals surface area (Å²) in [6.07, 6.45) is -2.38. The second-order valence-electron chi connectivity index (χ2n) is 4.56. The smallest absolute Gasteiger partial charge is 0.405 e.